The number of piperidine rings is 1. The van der Waals surface area contributed by atoms with Gasteiger partial charge in [-0.15, -0.1) is 0 Å². The molecular formula is C20H24N2O3. The van der Waals surface area contributed by atoms with Crippen LogP contribution in [0.3, 0.4) is 0 Å². The molecule has 0 unspecified atom stereocenters. The molecule has 5 nitrogen and oxygen atoms in total. The van der Waals surface area contributed by atoms with Gasteiger partial charge in [-0.05, 0) is 49.8 Å². The second-order valence-corrected chi connectivity index (χ2v) is 6.23. The molecule has 0 spiro atoms. The SMILES string of the molecule is CCOC(=NC(=O)c1ccco1)N1CCC(Cc2ccccc2)CC1. The Morgan fingerprint density at radius 1 is 1.20 bits per heavy atom. The maximum absolute atomic E-state index is 12.2. The highest BCUT2D eigenvalue weighted by Gasteiger charge is 2.24. The lowest BCUT2D eigenvalue weighted by atomic mass is 9.90. The number of carbonyl (C=O) groups excluding carboxylic acids is 1. The van der Waals surface area contributed by atoms with Gasteiger partial charge in [-0.3, -0.25) is 4.79 Å². The standard InChI is InChI=1S/C20H24N2O3/c1-2-24-20(21-19(23)18-9-6-14-25-18)22-12-10-17(11-13-22)15-16-7-4-3-5-8-16/h3-9,14,17H,2,10-13,15H2,1H3. The molecule has 5 heteroatoms. The summed E-state index contributed by atoms with van der Waals surface area (Å²) in [7, 11) is 0. The highest BCUT2D eigenvalue weighted by atomic mass is 16.5. The molecule has 1 aliphatic rings. The molecule has 0 bridgehead atoms. The Kier molecular flexibility index (Phi) is 5.88. The number of amides is 1. The van der Waals surface area contributed by atoms with E-state index < -0.39 is 5.91 Å². The Morgan fingerprint density at radius 3 is 2.60 bits per heavy atom. The summed E-state index contributed by atoms with van der Waals surface area (Å²) in [6, 6.07) is 14.3. The number of aliphatic imine (C=N–C) groups is 1. The Labute approximate surface area is 148 Å². The van der Waals surface area contributed by atoms with Gasteiger partial charge >= 0.3 is 5.91 Å². The fourth-order valence-corrected chi connectivity index (χ4v) is 3.14. The monoisotopic (exact) mass is 340 g/mol. The number of nitrogens with zero attached hydrogens (tertiary/aromatic N) is 2. The van der Waals surface area contributed by atoms with Crippen molar-refractivity contribution in [2.75, 3.05) is 19.7 Å². The van der Waals surface area contributed by atoms with E-state index in [1.165, 1.54) is 11.8 Å². The van der Waals surface area contributed by atoms with Crippen molar-refractivity contribution >= 4 is 11.9 Å². The van der Waals surface area contributed by atoms with Crippen LogP contribution in [0.1, 0.15) is 35.9 Å². The van der Waals surface area contributed by atoms with E-state index in [0.29, 0.717) is 18.5 Å². The van der Waals surface area contributed by atoms with E-state index in [0.717, 1.165) is 32.4 Å². The third-order valence-corrected chi connectivity index (χ3v) is 4.45. The van der Waals surface area contributed by atoms with Crippen LogP contribution in [-0.4, -0.2) is 36.5 Å². The van der Waals surface area contributed by atoms with Crippen molar-refractivity contribution in [1.29, 1.82) is 0 Å². The first-order valence-corrected chi connectivity index (χ1v) is 8.84. The minimum atomic E-state index is -0.403. The minimum absolute atomic E-state index is 0.233. The molecule has 2 aromatic rings. The summed E-state index contributed by atoms with van der Waals surface area (Å²) in [6.45, 7) is 4.08. The van der Waals surface area contributed by atoms with Crippen LogP contribution in [0.25, 0.3) is 0 Å². The Morgan fingerprint density at radius 2 is 1.96 bits per heavy atom. The topological polar surface area (TPSA) is 55.0 Å². The molecule has 25 heavy (non-hydrogen) atoms. The van der Waals surface area contributed by atoms with Gasteiger partial charge in [0.25, 0.3) is 6.02 Å². The zero-order chi connectivity index (χ0) is 17.5. The van der Waals surface area contributed by atoms with Gasteiger partial charge in [0.15, 0.2) is 5.76 Å². The van der Waals surface area contributed by atoms with Crippen LogP contribution < -0.4 is 0 Å². The van der Waals surface area contributed by atoms with Crippen molar-refractivity contribution in [1.82, 2.24) is 4.90 Å². The molecule has 1 aliphatic heterocycles. The third-order valence-electron chi connectivity index (χ3n) is 4.45. The number of hydrogen-bond donors (Lipinski definition) is 0. The molecule has 132 valence electrons. The van der Waals surface area contributed by atoms with Gasteiger partial charge in [0, 0.05) is 13.1 Å². The van der Waals surface area contributed by atoms with E-state index >= 15 is 0 Å². The summed E-state index contributed by atoms with van der Waals surface area (Å²) in [4.78, 5) is 18.3. The molecule has 0 radical (unpaired) electrons. The maximum atomic E-state index is 12.2. The molecular weight excluding hydrogens is 316 g/mol. The smallest absolute Gasteiger partial charge is 0.317 e. The second kappa shape index (κ2) is 8.51. The number of rotatable bonds is 4. The van der Waals surface area contributed by atoms with Gasteiger partial charge < -0.3 is 14.1 Å². The van der Waals surface area contributed by atoms with Gasteiger partial charge in [0.05, 0.1) is 12.9 Å². The summed E-state index contributed by atoms with van der Waals surface area (Å²) in [5.41, 5.74) is 1.38. The molecule has 1 saturated heterocycles. The summed E-state index contributed by atoms with van der Waals surface area (Å²) in [5, 5.41) is 0. The Balaban J connectivity index is 1.59. The molecule has 1 aromatic heterocycles. The van der Waals surface area contributed by atoms with Crippen molar-refractivity contribution in [3.8, 4) is 0 Å². The lowest BCUT2D eigenvalue weighted by Crippen LogP contribution is -2.40. The average molecular weight is 340 g/mol. The highest BCUT2D eigenvalue weighted by molar-refractivity contribution is 5.99. The highest BCUT2D eigenvalue weighted by Crippen LogP contribution is 2.22. The molecule has 0 N–H and O–H groups in total. The summed E-state index contributed by atoms with van der Waals surface area (Å²) in [6.07, 6.45) is 4.70. The van der Waals surface area contributed by atoms with E-state index in [1.54, 1.807) is 12.1 Å². The number of likely N-dealkylation sites (tertiary alicyclic amines) is 1. The molecule has 0 atom stereocenters. The summed E-state index contributed by atoms with van der Waals surface area (Å²) < 4.78 is 10.7. The van der Waals surface area contributed by atoms with Gasteiger partial charge in [-0.2, -0.15) is 4.99 Å². The lowest BCUT2D eigenvalue weighted by Gasteiger charge is -2.33. The fourth-order valence-electron chi connectivity index (χ4n) is 3.14. The number of hydrogen-bond acceptors (Lipinski definition) is 3. The second-order valence-electron chi connectivity index (χ2n) is 6.23. The minimum Gasteiger partial charge on any atom is -0.465 e. The van der Waals surface area contributed by atoms with Crippen LogP contribution >= 0.6 is 0 Å². The van der Waals surface area contributed by atoms with Crippen LogP contribution in [0.15, 0.2) is 58.1 Å². The molecule has 3 rings (SSSR count). The third kappa shape index (κ3) is 4.72. The van der Waals surface area contributed by atoms with E-state index in [-0.39, 0.29) is 5.76 Å². The Bertz CT molecular complexity index is 687. The van der Waals surface area contributed by atoms with Crippen molar-refractivity contribution in [2.24, 2.45) is 10.9 Å². The van der Waals surface area contributed by atoms with Crippen LogP contribution in [0.5, 0.6) is 0 Å². The summed E-state index contributed by atoms with van der Waals surface area (Å²) >= 11 is 0. The average Bonchev–Trinajstić information content (AvgIpc) is 3.18. The first-order chi connectivity index (χ1) is 12.3. The number of amidine groups is 1. The van der Waals surface area contributed by atoms with Crippen molar-refractivity contribution < 1.29 is 13.9 Å². The van der Waals surface area contributed by atoms with Gasteiger partial charge in [0.1, 0.15) is 0 Å². The van der Waals surface area contributed by atoms with Crippen molar-refractivity contribution in [3.63, 3.8) is 0 Å². The fraction of sp³-hybridized carbons (Fsp3) is 0.400. The number of carbonyl (C=O) groups is 1. The van der Waals surface area contributed by atoms with Crippen molar-refractivity contribution in [3.05, 3.63) is 60.1 Å². The predicted molar refractivity (Wildman–Crippen MR) is 96.5 cm³/mol. The molecule has 1 fully saturated rings. The van der Waals surface area contributed by atoms with Gasteiger partial charge in [0.2, 0.25) is 0 Å². The number of furan rings is 1. The number of benzene rings is 1. The molecule has 1 aromatic carbocycles. The quantitative estimate of drug-likeness (QED) is 0.628. The maximum Gasteiger partial charge on any atom is 0.317 e. The van der Waals surface area contributed by atoms with Crippen LogP contribution in [0.4, 0.5) is 0 Å². The zero-order valence-corrected chi connectivity index (χ0v) is 14.6. The Hall–Kier alpha value is -2.56. The normalized spacial score (nSPS) is 16.0. The molecule has 1 amide bonds. The lowest BCUT2D eigenvalue weighted by molar-refractivity contribution is 0.0965. The molecule has 2 heterocycles. The first-order valence-electron chi connectivity index (χ1n) is 8.84. The van der Waals surface area contributed by atoms with Crippen molar-refractivity contribution in [2.45, 2.75) is 26.2 Å². The molecule has 0 saturated carbocycles. The van der Waals surface area contributed by atoms with E-state index in [1.807, 2.05) is 13.0 Å². The first kappa shape index (κ1) is 17.3. The summed E-state index contributed by atoms with van der Waals surface area (Å²) in [5.74, 6) is 0.485. The van der Waals surface area contributed by atoms with Crippen LogP contribution in [0, 0.1) is 5.92 Å². The predicted octanol–water partition coefficient (Wildman–Crippen LogP) is 3.77. The van der Waals surface area contributed by atoms with Crippen LogP contribution in [0.2, 0.25) is 0 Å². The van der Waals surface area contributed by atoms with E-state index in [4.69, 9.17) is 9.15 Å². The zero-order valence-electron chi connectivity index (χ0n) is 14.6. The van der Waals surface area contributed by atoms with Gasteiger partial charge in [-0.1, -0.05) is 30.3 Å². The van der Waals surface area contributed by atoms with E-state index in [2.05, 4.69) is 34.2 Å². The number of ether oxygens (including phenoxy) is 1. The van der Waals surface area contributed by atoms with E-state index in [9.17, 15) is 4.79 Å². The van der Waals surface area contributed by atoms with Gasteiger partial charge in [-0.25, -0.2) is 0 Å². The van der Waals surface area contributed by atoms with Crippen LogP contribution in [-0.2, 0) is 11.2 Å². The largest absolute Gasteiger partial charge is 0.465 e. The molecule has 0 aliphatic carbocycles.